The van der Waals surface area contributed by atoms with Crippen LogP contribution in [0, 0.1) is 0 Å². The van der Waals surface area contributed by atoms with Gasteiger partial charge in [0.1, 0.15) is 13.1 Å². The Morgan fingerprint density at radius 3 is 2.76 bits per heavy atom. The summed E-state index contributed by atoms with van der Waals surface area (Å²) >= 11 is 0. The van der Waals surface area contributed by atoms with Gasteiger partial charge in [0, 0.05) is 18.4 Å². The molecule has 0 radical (unpaired) electrons. The number of hydrogen-bond donors (Lipinski definition) is 0. The fourth-order valence-electron chi connectivity index (χ4n) is 2.58. The van der Waals surface area contributed by atoms with Crippen LogP contribution >= 0.6 is 0 Å². The van der Waals surface area contributed by atoms with Crippen molar-refractivity contribution in [3.63, 3.8) is 0 Å². The van der Waals surface area contributed by atoms with Crippen LogP contribution in [0.1, 0.15) is 25.7 Å². The predicted molar refractivity (Wildman–Crippen MR) is 74.5 cm³/mol. The number of carbonyl (C=O) groups is 2. The number of nitrogens with zero attached hydrogens (tertiary/aromatic N) is 3. The Morgan fingerprint density at radius 1 is 1.43 bits per heavy atom. The lowest BCUT2D eigenvalue weighted by Gasteiger charge is -2.28. The average Bonchev–Trinajstić information content (AvgIpc) is 3.00. The van der Waals surface area contributed by atoms with E-state index in [1.54, 1.807) is 6.07 Å². The molecule has 0 aliphatic heterocycles. The second-order valence-electron chi connectivity index (χ2n) is 5.07. The van der Waals surface area contributed by atoms with E-state index in [9.17, 15) is 14.4 Å². The number of esters is 1. The molecule has 1 heterocycles. The first-order valence-electron chi connectivity index (χ1n) is 6.99. The molecule has 1 aromatic heterocycles. The number of hydrogen-bond acceptors (Lipinski definition) is 5. The summed E-state index contributed by atoms with van der Waals surface area (Å²) in [6.45, 7) is -0.185. The topological polar surface area (TPSA) is 81.5 Å². The lowest BCUT2D eigenvalue weighted by molar-refractivity contribution is -0.148. The number of ether oxygens (including phenoxy) is 1. The number of aromatic nitrogens is 2. The van der Waals surface area contributed by atoms with Crippen LogP contribution in [0.2, 0.25) is 0 Å². The van der Waals surface area contributed by atoms with Crippen molar-refractivity contribution in [2.75, 3.05) is 13.7 Å². The molecule has 7 nitrogen and oxygen atoms in total. The van der Waals surface area contributed by atoms with Crippen LogP contribution in [0.5, 0.6) is 0 Å². The summed E-state index contributed by atoms with van der Waals surface area (Å²) in [4.78, 5) is 40.6. The van der Waals surface area contributed by atoms with Crippen LogP contribution in [0.4, 0.5) is 0 Å². The summed E-state index contributed by atoms with van der Waals surface area (Å²) in [6.07, 6.45) is 6.74. The summed E-state index contributed by atoms with van der Waals surface area (Å²) < 4.78 is 5.89. The minimum Gasteiger partial charge on any atom is -0.468 e. The minimum atomic E-state index is -0.477. The van der Waals surface area contributed by atoms with E-state index in [0.717, 1.165) is 25.7 Å². The van der Waals surface area contributed by atoms with Gasteiger partial charge in [0.2, 0.25) is 5.91 Å². The lowest BCUT2D eigenvalue weighted by atomic mass is 10.2. The molecule has 1 aromatic rings. The molecular formula is C14H19N3O4. The maximum Gasteiger partial charge on any atom is 0.347 e. The van der Waals surface area contributed by atoms with Crippen LogP contribution in [0.25, 0.3) is 0 Å². The van der Waals surface area contributed by atoms with E-state index in [2.05, 4.69) is 9.72 Å². The molecule has 21 heavy (non-hydrogen) atoms. The van der Waals surface area contributed by atoms with Crippen LogP contribution in [0.15, 0.2) is 23.3 Å². The molecule has 114 valence electrons. The summed E-state index contributed by atoms with van der Waals surface area (Å²) in [6, 6.07) is 1.64. The van der Waals surface area contributed by atoms with Gasteiger partial charge in [-0.2, -0.15) is 0 Å². The molecule has 1 amide bonds. The zero-order valence-corrected chi connectivity index (χ0v) is 12.0. The van der Waals surface area contributed by atoms with Gasteiger partial charge < -0.3 is 9.64 Å². The van der Waals surface area contributed by atoms with Crippen LogP contribution in [-0.4, -0.2) is 46.0 Å². The second kappa shape index (κ2) is 7.01. The molecule has 7 heteroatoms. The Labute approximate surface area is 122 Å². The van der Waals surface area contributed by atoms with Crippen molar-refractivity contribution in [3.8, 4) is 0 Å². The molecule has 0 N–H and O–H groups in total. The lowest BCUT2D eigenvalue weighted by Crippen LogP contribution is -2.45. The van der Waals surface area contributed by atoms with E-state index in [4.69, 9.17) is 0 Å². The van der Waals surface area contributed by atoms with E-state index in [1.165, 1.54) is 29.0 Å². The Balaban J connectivity index is 2.11. The summed E-state index contributed by atoms with van der Waals surface area (Å²) in [5.41, 5.74) is -0.477. The van der Waals surface area contributed by atoms with Crippen LogP contribution in [0.3, 0.4) is 0 Å². The quantitative estimate of drug-likeness (QED) is 0.724. The van der Waals surface area contributed by atoms with Crippen LogP contribution < -0.4 is 5.69 Å². The van der Waals surface area contributed by atoms with E-state index in [-0.39, 0.29) is 25.0 Å². The van der Waals surface area contributed by atoms with Gasteiger partial charge in [0.05, 0.1) is 7.11 Å². The molecule has 0 saturated heterocycles. The molecule has 1 saturated carbocycles. The first kappa shape index (κ1) is 15.2. The highest BCUT2D eigenvalue weighted by atomic mass is 16.5. The largest absolute Gasteiger partial charge is 0.468 e. The van der Waals surface area contributed by atoms with Gasteiger partial charge in [-0.3, -0.25) is 14.2 Å². The minimum absolute atomic E-state index is 0.0453. The fraction of sp³-hybridized carbons (Fsp3) is 0.571. The summed E-state index contributed by atoms with van der Waals surface area (Å²) in [5, 5.41) is 0. The van der Waals surface area contributed by atoms with E-state index in [1.807, 2.05) is 0 Å². The fourth-order valence-corrected chi connectivity index (χ4v) is 2.58. The molecular weight excluding hydrogens is 274 g/mol. The molecule has 1 aliphatic rings. The number of methoxy groups -OCH3 is 1. The molecule has 0 spiro atoms. The standard InChI is InChI=1S/C14H19N3O4/c1-21-13(19)10-17(11-5-2-3-6-11)12(18)9-16-8-4-7-15-14(16)20/h4,7-8,11H,2-3,5-6,9-10H2,1H3. The third-order valence-electron chi connectivity index (χ3n) is 3.70. The maximum atomic E-state index is 12.4. The Morgan fingerprint density at radius 2 is 2.14 bits per heavy atom. The first-order chi connectivity index (χ1) is 10.1. The second-order valence-corrected chi connectivity index (χ2v) is 5.07. The molecule has 0 bridgehead atoms. The Kier molecular flexibility index (Phi) is 5.08. The highest BCUT2D eigenvalue weighted by Gasteiger charge is 2.28. The molecule has 1 fully saturated rings. The summed E-state index contributed by atoms with van der Waals surface area (Å²) in [7, 11) is 1.30. The van der Waals surface area contributed by atoms with Gasteiger partial charge in [0.25, 0.3) is 0 Å². The molecule has 0 aromatic carbocycles. The zero-order valence-electron chi connectivity index (χ0n) is 12.0. The van der Waals surface area contributed by atoms with Gasteiger partial charge in [-0.1, -0.05) is 12.8 Å². The van der Waals surface area contributed by atoms with Crippen molar-refractivity contribution in [3.05, 3.63) is 28.9 Å². The predicted octanol–water partition coefficient (Wildman–Crippen LogP) is 0.187. The Hall–Kier alpha value is -2.18. The average molecular weight is 293 g/mol. The number of rotatable bonds is 5. The first-order valence-corrected chi connectivity index (χ1v) is 6.99. The SMILES string of the molecule is COC(=O)CN(C(=O)Cn1cccnc1=O)C1CCCC1. The monoisotopic (exact) mass is 293 g/mol. The van der Waals surface area contributed by atoms with Crippen molar-refractivity contribution in [2.45, 2.75) is 38.3 Å². The van der Waals surface area contributed by atoms with E-state index < -0.39 is 11.7 Å². The van der Waals surface area contributed by atoms with Crippen molar-refractivity contribution >= 4 is 11.9 Å². The third kappa shape index (κ3) is 3.90. The summed E-state index contributed by atoms with van der Waals surface area (Å²) in [5.74, 6) is -0.712. The third-order valence-corrected chi connectivity index (χ3v) is 3.70. The van der Waals surface area contributed by atoms with Gasteiger partial charge in [-0.05, 0) is 18.9 Å². The van der Waals surface area contributed by atoms with Gasteiger partial charge in [0.15, 0.2) is 0 Å². The van der Waals surface area contributed by atoms with Crippen molar-refractivity contribution in [2.24, 2.45) is 0 Å². The highest BCUT2D eigenvalue weighted by Crippen LogP contribution is 2.23. The number of carbonyl (C=O) groups excluding carboxylic acids is 2. The molecule has 2 rings (SSSR count). The maximum absolute atomic E-state index is 12.4. The molecule has 0 atom stereocenters. The van der Waals surface area contributed by atoms with E-state index in [0.29, 0.717) is 0 Å². The van der Waals surface area contributed by atoms with Gasteiger partial charge >= 0.3 is 11.7 Å². The molecule has 0 unspecified atom stereocenters. The van der Waals surface area contributed by atoms with Crippen molar-refractivity contribution in [1.82, 2.24) is 14.5 Å². The molecule has 1 aliphatic carbocycles. The van der Waals surface area contributed by atoms with Crippen molar-refractivity contribution < 1.29 is 14.3 Å². The smallest absolute Gasteiger partial charge is 0.347 e. The van der Waals surface area contributed by atoms with Crippen molar-refractivity contribution in [1.29, 1.82) is 0 Å². The van der Waals surface area contributed by atoms with Crippen LogP contribution in [-0.2, 0) is 20.9 Å². The number of amides is 1. The van der Waals surface area contributed by atoms with E-state index >= 15 is 0 Å². The Bertz CT molecular complexity index is 563. The van der Waals surface area contributed by atoms with Gasteiger partial charge in [-0.15, -0.1) is 0 Å². The highest BCUT2D eigenvalue weighted by molar-refractivity contribution is 5.82. The van der Waals surface area contributed by atoms with Gasteiger partial charge in [-0.25, -0.2) is 9.78 Å². The zero-order chi connectivity index (χ0) is 15.2. The normalized spacial score (nSPS) is 14.9.